The molecule has 0 fully saturated rings. The molecule has 5 nitrogen and oxygen atoms in total. The SMILES string of the molecule is COC(=O)CC=Cc1cnc(N)c(Cl)n1. The molecule has 0 amide bonds. The fourth-order valence-electron chi connectivity index (χ4n) is 0.828. The summed E-state index contributed by atoms with van der Waals surface area (Å²) in [6.45, 7) is 0. The van der Waals surface area contributed by atoms with E-state index in [1.54, 1.807) is 12.2 Å². The molecule has 1 rings (SSSR count). The number of rotatable bonds is 3. The molecule has 0 saturated heterocycles. The fraction of sp³-hybridized carbons (Fsp3) is 0.222. The summed E-state index contributed by atoms with van der Waals surface area (Å²) >= 11 is 5.66. The van der Waals surface area contributed by atoms with Crippen LogP contribution in [-0.2, 0) is 9.53 Å². The standard InChI is InChI=1S/C9H10ClN3O2/c1-15-7(14)4-2-3-6-5-12-9(11)8(10)13-6/h2-3,5H,4H2,1H3,(H2,11,12). The van der Waals surface area contributed by atoms with E-state index >= 15 is 0 Å². The van der Waals surface area contributed by atoms with Crippen LogP contribution in [-0.4, -0.2) is 23.0 Å². The lowest BCUT2D eigenvalue weighted by Gasteiger charge is -1.97. The number of carbonyl (C=O) groups excluding carboxylic acids is 1. The van der Waals surface area contributed by atoms with Crippen LogP contribution >= 0.6 is 11.6 Å². The van der Waals surface area contributed by atoms with Crippen molar-refractivity contribution in [2.45, 2.75) is 6.42 Å². The number of anilines is 1. The molecule has 1 heterocycles. The van der Waals surface area contributed by atoms with E-state index in [1.165, 1.54) is 13.3 Å². The van der Waals surface area contributed by atoms with Crippen LogP contribution in [0.25, 0.3) is 6.08 Å². The van der Waals surface area contributed by atoms with Gasteiger partial charge in [-0.2, -0.15) is 0 Å². The van der Waals surface area contributed by atoms with Crippen LogP contribution in [0.1, 0.15) is 12.1 Å². The Morgan fingerprint density at radius 3 is 3.07 bits per heavy atom. The molecular formula is C9H10ClN3O2. The Balaban J connectivity index is 2.65. The van der Waals surface area contributed by atoms with Gasteiger partial charge in [0.2, 0.25) is 0 Å². The zero-order valence-electron chi connectivity index (χ0n) is 8.11. The molecule has 80 valence electrons. The van der Waals surface area contributed by atoms with Gasteiger partial charge in [-0.15, -0.1) is 0 Å². The van der Waals surface area contributed by atoms with Crippen molar-refractivity contribution < 1.29 is 9.53 Å². The largest absolute Gasteiger partial charge is 0.469 e. The highest BCUT2D eigenvalue weighted by atomic mass is 35.5. The number of aromatic nitrogens is 2. The number of halogens is 1. The number of ether oxygens (including phenoxy) is 1. The molecule has 0 bridgehead atoms. The highest BCUT2D eigenvalue weighted by Gasteiger charge is 1.99. The van der Waals surface area contributed by atoms with Gasteiger partial charge in [0.05, 0.1) is 25.4 Å². The molecule has 0 aliphatic carbocycles. The smallest absolute Gasteiger partial charge is 0.309 e. The van der Waals surface area contributed by atoms with Gasteiger partial charge in [-0.25, -0.2) is 9.97 Å². The van der Waals surface area contributed by atoms with Crippen molar-refractivity contribution in [2.75, 3.05) is 12.8 Å². The van der Waals surface area contributed by atoms with E-state index in [0.717, 1.165) is 0 Å². The predicted octanol–water partition coefficient (Wildman–Crippen LogP) is 1.29. The molecule has 0 spiro atoms. The summed E-state index contributed by atoms with van der Waals surface area (Å²) in [6, 6.07) is 0. The lowest BCUT2D eigenvalue weighted by atomic mass is 10.3. The Morgan fingerprint density at radius 2 is 2.47 bits per heavy atom. The number of nitrogen functional groups attached to an aromatic ring is 1. The van der Waals surface area contributed by atoms with Crippen molar-refractivity contribution in [2.24, 2.45) is 0 Å². The lowest BCUT2D eigenvalue weighted by Crippen LogP contribution is -1.97. The number of methoxy groups -OCH3 is 1. The summed E-state index contributed by atoms with van der Waals surface area (Å²) < 4.78 is 4.46. The number of esters is 1. The minimum atomic E-state index is -0.319. The van der Waals surface area contributed by atoms with Gasteiger partial charge in [-0.3, -0.25) is 4.79 Å². The third-order valence-corrected chi connectivity index (χ3v) is 1.85. The minimum absolute atomic E-state index is 0.148. The normalized spacial score (nSPS) is 10.5. The maximum absolute atomic E-state index is 10.8. The number of hydrogen-bond acceptors (Lipinski definition) is 5. The number of nitrogens with zero attached hydrogens (tertiary/aromatic N) is 2. The van der Waals surface area contributed by atoms with E-state index in [-0.39, 0.29) is 23.4 Å². The molecular weight excluding hydrogens is 218 g/mol. The Morgan fingerprint density at radius 1 is 1.73 bits per heavy atom. The average molecular weight is 228 g/mol. The topological polar surface area (TPSA) is 78.1 Å². The van der Waals surface area contributed by atoms with Crippen LogP contribution in [0.2, 0.25) is 5.15 Å². The van der Waals surface area contributed by atoms with Crippen LogP contribution in [0.15, 0.2) is 12.3 Å². The van der Waals surface area contributed by atoms with Gasteiger partial charge in [0.15, 0.2) is 11.0 Å². The molecule has 0 atom stereocenters. The van der Waals surface area contributed by atoms with Crippen LogP contribution in [0.3, 0.4) is 0 Å². The molecule has 0 radical (unpaired) electrons. The fourth-order valence-corrected chi connectivity index (χ4v) is 0.974. The molecule has 1 aromatic heterocycles. The molecule has 0 saturated carbocycles. The third kappa shape index (κ3) is 3.55. The molecule has 0 aliphatic heterocycles. The molecule has 0 unspecified atom stereocenters. The summed E-state index contributed by atoms with van der Waals surface area (Å²) in [6.07, 6.45) is 4.88. The van der Waals surface area contributed by atoms with Gasteiger partial charge in [-0.1, -0.05) is 17.7 Å². The quantitative estimate of drug-likeness (QED) is 0.788. The van der Waals surface area contributed by atoms with Crippen molar-refractivity contribution in [3.8, 4) is 0 Å². The maximum Gasteiger partial charge on any atom is 0.309 e. The summed E-state index contributed by atoms with van der Waals surface area (Å²) in [7, 11) is 1.33. The van der Waals surface area contributed by atoms with Crippen molar-refractivity contribution in [1.82, 2.24) is 9.97 Å². The second-order valence-electron chi connectivity index (χ2n) is 2.65. The van der Waals surface area contributed by atoms with Crippen LogP contribution < -0.4 is 5.73 Å². The summed E-state index contributed by atoms with van der Waals surface area (Å²) in [5.74, 6) is -0.137. The second kappa shape index (κ2) is 5.31. The van der Waals surface area contributed by atoms with Crippen molar-refractivity contribution in [3.63, 3.8) is 0 Å². The van der Waals surface area contributed by atoms with Gasteiger partial charge >= 0.3 is 5.97 Å². The van der Waals surface area contributed by atoms with E-state index in [1.807, 2.05) is 0 Å². The summed E-state index contributed by atoms with van der Waals surface area (Å²) in [5, 5.41) is 0.148. The van der Waals surface area contributed by atoms with Gasteiger partial charge in [0, 0.05) is 0 Å². The number of nitrogens with two attached hydrogens (primary N) is 1. The van der Waals surface area contributed by atoms with Gasteiger partial charge in [-0.05, 0) is 6.08 Å². The zero-order valence-corrected chi connectivity index (χ0v) is 8.86. The molecule has 0 aromatic carbocycles. The van der Waals surface area contributed by atoms with Crippen molar-refractivity contribution in [3.05, 3.63) is 23.1 Å². The van der Waals surface area contributed by atoms with Gasteiger partial charge in [0.25, 0.3) is 0 Å². The van der Waals surface area contributed by atoms with Crippen LogP contribution in [0, 0.1) is 0 Å². The average Bonchev–Trinajstić information content (AvgIpc) is 2.23. The highest BCUT2D eigenvalue weighted by Crippen LogP contribution is 2.12. The first-order chi connectivity index (χ1) is 7.13. The summed E-state index contributed by atoms with van der Waals surface area (Å²) in [5.41, 5.74) is 5.92. The first-order valence-electron chi connectivity index (χ1n) is 4.15. The van der Waals surface area contributed by atoms with E-state index in [0.29, 0.717) is 5.69 Å². The zero-order chi connectivity index (χ0) is 11.3. The highest BCUT2D eigenvalue weighted by molar-refractivity contribution is 6.31. The lowest BCUT2D eigenvalue weighted by molar-refractivity contribution is -0.139. The van der Waals surface area contributed by atoms with Gasteiger partial charge < -0.3 is 10.5 Å². The molecule has 1 aromatic rings. The Kier molecular flexibility index (Phi) is 4.05. The van der Waals surface area contributed by atoms with Gasteiger partial charge in [0.1, 0.15) is 0 Å². The predicted molar refractivity (Wildman–Crippen MR) is 57.1 cm³/mol. The van der Waals surface area contributed by atoms with Crippen LogP contribution in [0.4, 0.5) is 5.82 Å². The molecule has 2 N–H and O–H groups in total. The first kappa shape index (κ1) is 11.5. The van der Waals surface area contributed by atoms with E-state index in [9.17, 15) is 4.79 Å². The molecule has 6 heteroatoms. The van der Waals surface area contributed by atoms with Crippen LogP contribution in [0.5, 0.6) is 0 Å². The molecule has 0 aliphatic rings. The Hall–Kier alpha value is -1.62. The number of hydrogen-bond donors (Lipinski definition) is 1. The third-order valence-electron chi connectivity index (χ3n) is 1.58. The second-order valence-corrected chi connectivity index (χ2v) is 3.01. The monoisotopic (exact) mass is 227 g/mol. The van der Waals surface area contributed by atoms with Crippen molar-refractivity contribution >= 4 is 29.5 Å². The van der Waals surface area contributed by atoms with E-state index in [2.05, 4.69) is 14.7 Å². The molecule has 15 heavy (non-hydrogen) atoms. The number of carbonyl (C=O) groups is 1. The Labute approximate surface area is 91.9 Å². The van der Waals surface area contributed by atoms with E-state index < -0.39 is 0 Å². The first-order valence-corrected chi connectivity index (χ1v) is 4.52. The van der Waals surface area contributed by atoms with Crippen molar-refractivity contribution in [1.29, 1.82) is 0 Å². The maximum atomic E-state index is 10.8. The Bertz CT molecular complexity index is 393. The summed E-state index contributed by atoms with van der Waals surface area (Å²) in [4.78, 5) is 18.5. The minimum Gasteiger partial charge on any atom is -0.469 e. The van der Waals surface area contributed by atoms with E-state index in [4.69, 9.17) is 17.3 Å².